The van der Waals surface area contributed by atoms with Gasteiger partial charge in [-0.1, -0.05) is 0 Å². The minimum absolute atomic E-state index is 0.0223. The van der Waals surface area contributed by atoms with Gasteiger partial charge in [-0.05, 0) is 18.2 Å². The second-order valence-electron chi connectivity index (χ2n) is 5.00. The van der Waals surface area contributed by atoms with Crippen molar-refractivity contribution in [3.63, 3.8) is 0 Å². The van der Waals surface area contributed by atoms with Crippen molar-refractivity contribution >= 4 is 23.6 Å². The first-order valence-electron chi connectivity index (χ1n) is 7.36. The molecule has 2 rings (SSSR count). The van der Waals surface area contributed by atoms with Gasteiger partial charge in [0.2, 0.25) is 0 Å². The Morgan fingerprint density at radius 3 is 2.50 bits per heavy atom. The van der Waals surface area contributed by atoms with Crippen molar-refractivity contribution in [2.45, 2.75) is 0 Å². The van der Waals surface area contributed by atoms with Gasteiger partial charge in [-0.3, -0.25) is 19.7 Å². The molecule has 26 heavy (non-hydrogen) atoms. The highest BCUT2D eigenvalue weighted by Gasteiger charge is 2.14. The number of hydrogen-bond donors (Lipinski definition) is 1. The molecule has 0 spiro atoms. The van der Waals surface area contributed by atoms with Crippen molar-refractivity contribution < 1.29 is 28.7 Å². The number of ether oxygens (including phenoxy) is 3. The first-order valence-corrected chi connectivity index (χ1v) is 7.36. The Morgan fingerprint density at radius 1 is 1.15 bits per heavy atom. The van der Waals surface area contributed by atoms with Crippen molar-refractivity contribution in [1.82, 2.24) is 0 Å². The largest absolute Gasteiger partial charge is 0.497 e. The zero-order valence-corrected chi connectivity index (χ0v) is 14.1. The number of anilines is 1. The molecule has 0 aliphatic carbocycles. The van der Waals surface area contributed by atoms with Crippen molar-refractivity contribution in [1.29, 1.82) is 0 Å². The Morgan fingerprint density at radius 2 is 1.88 bits per heavy atom. The molecule has 2 aromatic carbocycles. The molecule has 0 aliphatic rings. The lowest BCUT2D eigenvalue weighted by atomic mass is 10.2. The minimum atomic E-state index is -0.626. The highest BCUT2D eigenvalue weighted by molar-refractivity contribution is 5.93. The van der Waals surface area contributed by atoms with Crippen LogP contribution in [-0.4, -0.2) is 37.9 Å². The summed E-state index contributed by atoms with van der Waals surface area (Å²) in [4.78, 5) is 33.3. The van der Waals surface area contributed by atoms with E-state index in [-0.39, 0.29) is 17.0 Å². The zero-order chi connectivity index (χ0) is 19.1. The number of methoxy groups -OCH3 is 2. The number of hydrogen-bond acceptors (Lipinski definition) is 7. The van der Waals surface area contributed by atoms with Gasteiger partial charge in [-0.15, -0.1) is 0 Å². The van der Waals surface area contributed by atoms with E-state index in [1.54, 1.807) is 18.2 Å². The third-order valence-electron chi connectivity index (χ3n) is 3.37. The number of nitro benzene ring substituents is 1. The number of nitro groups is 1. The van der Waals surface area contributed by atoms with E-state index >= 15 is 0 Å². The maximum Gasteiger partial charge on any atom is 0.270 e. The zero-order valence-electron chi connectivity index (χ0n) is 14.1. The predicted octanol–water partition coefficient (Wildman–Crippen LogP) is 2.44. The van der Waals surface area contributed by atoms with Crippen LogP contribution in [0.3, 0.4) is 0 Å². The Balaban J connectivity index is 2.08. The van der Waals surface area contributed by atoms with Crippen LogP contribution in [0.5, 0.6) is 17.2 Å². The summed E-state index contributed by atoms with van der Waals surface area (Å²) in [5.74, 6) is 0.522. The van der Waals surface area contributed by atoms with Crippen LogP contribution in [0.1, 0.15) is 10.4 Å². The number of carbonyl (C=O) groups is 2. The molecule has 1 amide bonds. The van der Waals surface area contributed by atoms with Gasteiger partial charge in [-0.2, -0.15) is 0 Å². The summed E-state index contributed by atoms with van der Waals surface area (Å²) in [7, 11) is 2.95. The van der Waals surface area contributed by atoms with Crippen LogP contribution in [0.4, 0.5) is 11.4 Å². The van der Waals surface area contributed by atoms with Crippen LogP contribution in [-0.2, 0) is 4.79 Å². The first-order chi connectivity index (χ1) is 12.5. The molecule has 9 heteroatoms. The number of non-ortho nitro benzene ring substituents is 1. The summed E-state index contributed by atoms with van der Waals surface area (Å²) in [6.45, 7) is -0.404. The van der Waals surface area contributed by atoms with Gasteiger partial charge in [-0.25, -0.2) is 0 Å². The van der Waals surface area contributed by atoms with E-state index in [1.807, 2.05) is 0 Å². The lowest BCUT2D eigenvalue weighted by Gasteiger charge is -2.12. The highest BCUT2D eigenvalue weighted by atomic mass is 16.6. The summed E-state index contributed by atoms with van der Waals surface area (Å²) < 4.78 is 15.5. The van der Waals surface area contributed by atoms with Gasteiger partial charge in [0.25, 0.3) is 11.6 Å². The molecular formula is C17H16N2O7. The summed E-state index contributed by atoms with van der Waals surface area (Å²) in [5.41, 5.74) is 0.121. The number of nitrogens with one attached hydrogen (secondary N) is 1. The van der Waals surface area contributed by atoms with Crippen molar-refractivity contribution in [2.24, 2.45) is 0 Å². The Hall–Kier alpha value is -3.62. The summed E-state index contributed by atoms with van der Waals surface area (Å²) >= 11 is 0. The normalized spacial score (nSPS) is 9.92. The summed E-state index contributed by atoms with van der Waals surface area (Å²) in [5, 5.41) is 13.3. The van der Waals surface area contributed by atoms with E-state index in [4.69, 9.17) is 14.2 Å². The van der Waals surface area contributed by atoms with Crippen LogP contribution < -0.4 is 19.5 Å². The standard InChI is InChI=1S/C17H16N2O7/c1-24-13-4-6-16(25-2)14(8-13)18-17(21)10-26-15-5-3-12(19(22)23)7-11(15)9-20/h3-9H,10H2,1-2H3,(H,18,21). The van der Waals surface area contributed by atoms with Gasteiger partial charge in [0.05, 0.1) is 30.4 Å². The van der Waals surface area contributed by atoms with Crippen LogP contribution >= 0.6 is 0 Å². The van der Waals surface area contributed by atoms with Gasteiger partial charge >= 0.3 is 0 Å². The van der Waals surface area contributed by atoms with Crippen LogP contribution in [0.25, 0.3) is 0 Å². The quantitative estimate of drug-likeness (QED) is 0.436. The molecule has 0 fully saturated rings. The molecule has 0 unspecified atom stereocenters. The van der Waals surface area contributed by atoms with Gasteiger partial charge in [0, 0.05) is 18.2 Å². The van der Waals surface area contributed by atoms with Crippen LogP contribution in [0, 0.1) is 10.1 Å². The van der Waals surface area contributed by atoms with E-state index in [0.717, 1.165) is 6.07 Å². The fourth-order valence-electron chi connectivity index (χ4n) is 2.11. The molecule has 0 saturated carbocycles. The fraction of sp³-hybridized carbons (Fsp3) is 0.176. The molecule has 0 aliphatic heterocycles. The molecule has 2 aromatic rings. The molecule has 1 N–H and O–H groups in total. The number of carbonyl (C=O) groups excluding carboxylic acids is 2. The van der Waals surface area contributed by atoms with Gasteiger partial charge < -0.3 is 19.5 Å². The molecule has 0 bridgehead atoms. The molecule has 0 saturated heterocycles. The van der Waals surface area contributed by atoms with E-state index in [0.29, 0.717) is 23.5 Å². The molecule has 136 valence electrons. The summed E-state index contributed by atoms with van der Waals surface area (Å²) in [6, 6.07) is 8.42. The van der Waals surface area contributed by atoms with Crippen LogP contribution in [0.2, 0.25) is 0 Å². The topological polar surface area (TPSA) is 117 Å². The van der Waals surface area contributed by atoms with Crippen molar-refractivity contribution in [2.75, 3.05) is 26.1 Å². The monoisotopic (exact) mass is 360 g/mol. The average Bonchev–Trinajstić information content (AvgIpc) is 2.65. The Bertz CT molecular complexity index is 836. The van der Waals surface area contributed by atoms with E-state index in [2.05, 4.69) is 5.32 Å². The number of amides is 1. The number of benzene rings is 2. The maximum absolute atomic E-state index is 12.1. The minimum Gasteiger partial charge on any atom is -0.497 e. The number of nitrogens with zero attached hydrogens (tertiary/aromatic N) is 1. The molecular weight excluding hydrogens is 344 g/mol. The molecule has 0 heterocycles. The predicted molar refractivity (Wildman–Crippen MR) is 92.2 cm³/mol. The third kappa shape index (κ3) is 4.47. The lowest BCUT2D eigenvalue weighted by Crippen LogP contribution is -2.21. The van der Waals surface area contributed by atoms with E-state index in [9.17, 15) is 19.7 Å². The van der Waals surface area contributed by atoms with Gasteiger partial charge in [0.1, 0.15) is 17.2 Å². The third-order valence-corrected chi connectivity index (χ3v) is 3.37. The second kappa shape index (κ2) is 8.47. The smallest absolute Gasteiger partial charge is 0.270 e. The van der Waals surface area contributed by atoms with Crippen LogP contribution in [0.15, 0.2) is 36.4 Å². The lowest BCUT2D eigenvalue weighted by molar-refractivity contribution is -0.384. The van der Waals surface area contributed by atoms with Crippen molar-refractivity contribution in [3.05, 3.63) is 52.1 Å². The van der Waals surface area contributed by atoms with E-state index < -0.39 is 17.4 Å². The average molecular weight is 360 g/mol. The number of aldehydes is 1. The van der Waals surface area contributed by atoms with Gasteiger partial charge in [0.15, 0.2) is 12.9 Å². The first kappa shape index (κ1) is 18.7. The van der Waals surface area contributed by atoms with Crippen molar-refractivity contribution in [3.8, 4) is 17.2 Å². The summed E-state index contributed by atoms with van der Waals surface area (Å²) in [6.07, 6.45) is 0.422. The Kier molecular flexibility index (Phi) is 6.10. The molecule has 0 aromatic heterocycles. The Labute approximate surface area is 148 Å². The molecule has 9 nitrogen and oxygen atoms in total. The van der Waals surface area contributed by atoms with E-state index in [1.165, 1.54) is 26.4 Å². The maximum atomic E-state index is 12.1. The fourth-order valence-corrected chi connectivity index (χ4v) is 2.11. The second-order valence-corrected chi connectivity index (χ2v) is 5.00. The highest BCUT2D eigenvalue weighted by Crippen LogP contribution is 2.29. The number of rotatable bonds is 8. The molecule has 0 atom stereocenters. The SMILES string of the molecule is COc1ccc(OC)c(NC(=O)COc2ccc([N+](=O)[O-])cc2C=O)c1. The molecule has 0 radical (unpaired) electrons.